The summed E-state index contributed by atoms with van der Waals surface area (Å²) in [5.41, 5.74) is 4.07. The van der Waals surface area contributed by atoms with Crippen molar-refractivity contribution in [2.75, 3.05) is 0 Å². The Morgan fingerprint density at radius 1 is 0.778 bits per heavy atom. The van der Waals surface area contributed by atoms with Gasteiger partial charge in [-0.25, -0.2) is 4.39 Å². The predicted octanol–water partition coefficient (Wildman–Crippen LogP) is 10.4. The summed E-state index contributed by atoms with van der Waals surface area (Å²) in [5.74, 6) is -1.07. The number of cyclic esters (lactones) is 1. The van der Waals surface area contributed by atoms with Crippen molar-refractivity contribution in [3.8, 4) is 33.4 Å². The van der Waals surface area contributed by atoms with Gasteiger partial charge in [0.2, 0.25) is 0 Å². The number of fused-ring (bicyclic) bond motifs is 1. The molecule has 1 aromatic heterocycles. The van der Waals surface area contributed by atoms with Crippen LogP contribution in [-0.2, 0) is 9.53 Å². The van der Waals surface area contributed by atoms with Crippen molar-refractivity contribution < 1.29 is 30.7 Å². The number of hydrogen-bond acceptors (Lipinski definition) is 7. The minimum Gasteiger partial charge on any atom is -0.458 e. The smallest absolute Gasteiger partial charge is 0.309 e. The Balaban J connectivity index is 1.62. The zero-order valence-electron chi connectivity index (χ0n) is 23.3. The number of nitrogens with zero attached hydrogens (tertiary/aromatic N) is 1. The molecule has 2 heterocycles. The van der Waals surface area contributed by atoms with Crippen LogP contribution in [0, 0.1) is 5.82 Å². The highest BCUT2D eigenvalue weighted by atomic mass is 32.2. The van der Waals surface area contributed by atoms with E-state index in [4.69, 9.17) is 9.72 Å². The van der Waals surface area contributed by atoms with Crippen molar-refractivity contribution in [2.45, 2.75) is 39.7 Å². The summed E-state index contributed by atoms with van der Waals surface area (Å²) in [6.07, 6.45) is 3.65. The molecule has 1 saturated heterocycles. The first-order valence-electron chi connectivity index (χ1n) is 13.8. The third-order valence-corrected chi connectivity index (χ3v) is 8.87. The van der Waals surface area contributed by atoms with Crippen LogP contribution in [-0.4, -0.2) is 28.3 Å². The second-order valence-electron chi connectivity index (χ2n) is 10.4. The number of aliphatic hydroxyl groups is 1. The number of ether oxygens (including phenoxy) is 1. The largest absolute Gasteiger partial charge is 0.458 e. The molecule has 45 heavy (non-hydrogen) atoms. The first-order valence-corrected chi connectivity index (χ1v) is 15.9. The molecule has 1 aliphatic heterocycles. The van der Waals surface area contributed by atoms with Crippen molar-refractivity contribution in [3.05, 3.63) is 103 Å². The van der Waals surface area contributed by atoms with Gasteiger partial charge < -0.3 is 9.84 Å². The Labute approximate surface area is 269 Å². The number of aromatic nitrogens is 1. The first-order chi connectivity index (χ1) is 21.9. The van der Waals surface area contributed by atoms with Gasteiger partial charge in [-0.1, -0.05) is 42.5 Å². The van der Waals surface area contributed by atoms with Crippen LogP contribution in [0.5, 0.6) is 0 Å². The van der Waals surface area contributed by atoms with E-state index in [-0.39, 0.29) is 54.8 Å². The molecule has 2 atom stereocenters. The maximum Gasteiger partial charge on any atom is 0.309 e. The number of pyridine rings is 1. The van der Waals surface area contributed by atoms with Gasteiger partial charge in [-0.15, -0.1) is 0 Å². The van der Waals surface area contributed by atoms with Crippen LogP contribution < -0.4 is 0 Å². The van der Waals surface area contributed by atoms with Crippen LogP contribution in [0.2, 0.25) is 0 Å². The normalized spacial score (nSPS) is 16.8. The first kappa shape index (κ1) is 31.2. The molecule has 228 valence electrons. The Kier molecular flexibility index (Phi) is 9.50. The molecule has 11 heteroatoms. The Bertz CT molecular complexity index is 1890. The minimum absolute atomic E-state index is 0.0726. The molecule has 0 saturated carbocycles. The van der Waals surface area contributed by atoms with Gasteiger partial charge in [0.05, 0.1) is 54.5 Å². The molecule has 1 N–H and O–H groups in total. The molecule has 4 nitrogen and oxygen atoms in total. The van der Waals surface area contributed by atoms with Crippen LogP contribution >= 0.6 is 36.4 Å². The van der Waals surface area contributed by atoms with E-state index in [1.54, 1.807) is 91.1 Å². The number of benzene rings is 4. The zero-order valence-corrected chi connectivity index (χ0v) is 25.7. The fraction of sp³-hybridized carbons (Fsp3) is 0.118. The lowest BCUT2D eigenvalue weighted by Crippen LogP contribution is -2.31. The Hall–Kier alpha value is -3.77. The van der Waals surface area contributed by atoms with E-state index < -0.39 is 24.0 Å². The fourth-order valence-corrected chi connectivity index (χ4v) is 6.20. The molecule has 5 aromatic rings. The van der Waals surface area contributed by atoms with Gasteiger partial charge in [-0.2, -0.15) is 11.7 Å². The monoisotopic (exact) mass is 665 g/mol. The number of rotatable bonds is 8. The highest BCUT2D eigenvalue weighted by Gasteiger charge is 2.26. The second-order valence-corrected chi connectivity index (χ2v) is 12.3. The molecule has 0 aliphatic carbocycles. The fourth-order valence-electron chi connectivity index (χ4n) is 5.49. The number of esters is 1. The van der Waals surface area contributed by atoms with E-state index in [2.05, 4.69) is 0 Å². The number of halogens is 4. The molecule has 1 fully saturated rings. The standard InChI is InChI=1S/C34H23F4NO3S3/c35-29-17-28-31(19-2-9-25(43-36)10-3-19)22(1-8-24-15-23(40)16-30(41)42-24)18-39-34(28)33(21-6-13-27(45-38)14-7-21)32(29)20-4-11-26(44-37)12-5-20/h1-14,17-18,23-24,40H,15-16H2/b8-1+/t23-,24-/m1/s1. The maximum absolute atomic E-state index is 16.5. The van der Waals surface area contributed by atoms with E-state index in [1.807, 2.05) is 0 Å². The molecule has 0 spiro atoms. The average Bonchev–Trinajstić information content (AvgIpc) is 3.06. The Morgan fingerprint density at radius 3 is 1.80 bits per heavy atom. The van der Waals surface area contributed by atoms with Gasteiger partial charge in [0.25, 0.3) is 0 Å². The summed E-state index contributed by atoms with van der Waals surface area (Å²) in [4.78, 5) is 17.8. The van der Waals surface area contributed by atoms with Gasteiger partial charge in [-0.05, 0) is 70.8 Å². The van der Waals surface area contributed by atoms with Gasteiger partial charge in [0, 0.05) is 49.4 Å². The molecule has 0 amide bonds. The molecule has 0 radical (unpaired) electrons. The summed E-state index contributed by atoms with van der Waals surface area (Å²) in [6, 6.07) is 21.0. The lowest BCUT2D eigenvalue weighted by molar-refractivity contribution is -0.156. The number of aliphatic hydroxyl groups excluding tert-OH is 1. The second kappa shape index (κ2) is 13.7. The summed E-state index contributed by atoms with van der Waals surface area (Å²) in [7, 11) is 0. The lowest BCUT2D eigenvalue weighted by Gasteiger charge is -2.23. The Morgan fingerprint density at radius 2 is 1.29 bits per heavy atom. The zero-order chi connectivity index (χ0) is 31.5. The summed E-state index contributed by atoms with van der Waals surface area (Å²) in [5, 5.41) is 10.5. The van der Waals surface area contributed by atoms with Crippen LogP contribution in [0.25, 0.3) is 50.4 Å². The topological polar surface area (TPSA) is 59.4 Å². The number of carbonyl (C=O) groups excluding carboxylic acids is 1. The summed E-state index contributed by atoms with van der Waals surface area (Å²) < 4.78 is 61.7. The molecule has 4 aromatic carbocycles. The minimum atomic E-state index is -0.823. The third kappa shape index (κ3) is 6.62. The van der Waals surface area contributed by atoms with Crippen LogP contribution in [0.1, 0.15) is 18.4 Å². The SMILES string of the molecule is O=C1C[C@H](O)C[C@@H](/C=C/c2cnc3c(-c4ccc(SF)cc4)c(-c4ccc(SF)cc4)c(F)cc3c2-c2ccc(SF)cc2)O1. The molecule has 6 rings (SSSR count). The molecular formula is C34H23F4NO3S3. The van der Waals surface area contributed by atoms with Gasteiger partial charge in [0.15, 0.2) is 0 Å². The van der Waals surface area contributed by atoms with Gasteiger partial charge >= 0.3 is 5.97 Å². The predicted molar refractivity (Wildman–Crippen MR) is 173 cm³/mol. The van der Waals surface area contributed by atoms with Gasteiger partial charge in [0.1, 0.15) is 11.9 Å². The van der Waals surface area contributed by atoms with E-state index in [1.165, 1.54) is 6.07 Å². The van der Waals surface area contributed by atoms with Crippen LogP contribution in [0.15, 0.2) is 106 Å². The molecule has 1 aliphatic rings. The van der Waals surface area contributed by atoms with E-state index in [0.29, 0.717) is 59.0 Å². The van der Waals surface area contributed by atoms with E-state index >= 15 is 4.39 Å². The molecular weight excluding hydrogens is 643 g/mol. The highest BCUT2D eigenvalue weighted by molar-refractivity contribution is 7.94. The summed E-state index contributed by atoms with van der Waals surface area (Å²) in [6.45, 7) is 0. The van der Waals surface area contributed by atoms with Crippen molar-refractivity contribution >= 4 is 59.4 Å². The van der Waals surface area contributed by atoms with E-state index in [9.17, 15) is 21.6 Å². The highest BCUT2D eigenvalue weighted by Crippen LogP contribution is 2.44. The van der Waals surface area contributed by atoms with Crippen molar-refractivity contribution in [3.63, 3.8) is 0 Å². The van der Waals surface area contributed by atoms with Crippen LogP contribution in [0.3, 0.4) is 0 Å². The lowest BCUT2D eigenvalue weighted by atomic mass is 9.88. The quantitative estimate of drug-likeness (QED) is 0.131. The van der Waals surface area contributed by atoms with Crippen LogP contribution in [0.4, 0.5) is 16.0 Å². The maximum atomic E-state index is 16.5. The number of hydrogen-bond donors (Lipinski definition) is 1. The average molecular weight is 666 g/mol. The number of carbonyl (C=O) groups is 1. The molecule has 0 unspecified atom stereocenters. The molecule has 0 bridgehead atoms. The third-order valence-electron chi connectivity index (χ3n) is 7.52. The van der Waals surface area contributed by atoms with Crippen molar-refractivity contribution in [1.82, 2.24) is 4.98 Å². The van der Waals surface area contributed by atoms with E-state index in [0.717, 1.165) is 0 Å². The van der Waals surface area contributed by atoms with Gasteiger partial charge in [-0.3, -0.25) is 9.78 Å². The summed E-state index contributed by atoms with van der Waals surface area (Å²) >= 11 is 0.287. The van der Waals surface area contributed by atoms with Crippen molar-refractivity contribution in [2.24, 2.45) is 0 Å². The van der Waals surface area contributed by atoms with Crippen molar-refractivity contribution in [1.29, 1.82) is 0 Å².